The molecule has 0 aromatic heterocycles. The Hall–Kier alpha value is -1.11. The van der Waals surface area contributed by atoms with Gasteiger partial charge in [0.2, 0.25) is 0 Å². The third-order valence-corrected chi connectivity index (χ3v) is 2.93. The van der Waals surface area contributed by atoms with Crippen molar-refractivity contribution in [2.75, 3.05) is 0 Å². The van der Waals surface area contributed by atoms with Gasteiger partial charge in [-0.05, 0) is 44.2 Å². The molecule has 0 heterocycles. The SMILES string of the molecule is CCCC(=O)CCCc1ccc(C)cc1C. The molecule has 16 heavy (non-hydrogen) atoms. The van der Waals surface area contributed by atoms with Crippen LogP contribution in [0.4, 0.5) is 0 Å². The van der Waals surface area contributed by atoms with Crippen LogP contribution in [0.25, 0.3) is 0 Å². The topological polar surface area (TPSA) is 17.1 Å². The molecule has 0 spiro atoms. The van der Waals surface area contributed by atoms with E-state index in [-0.39, 0.29) is 0 Å². The van der Waals surface area contributed by atoms with Crippen LogP contribution in [0.3, 0.4) is 0 Å². The van der Waals surface area contributed by atoms with Gasteiger partial charge in [-0.25, -0.2) is 0 Å². The molecule has 88 valence electrons. The third-order valence-electron chi connectivity index (χ3n) is 2.93. The van der Waals surface area contributed by atoms with Crippen LogP contribution in [-0.4, -0.2) is 5.78 Å². The summed E-state index contributed by atoms with van der Waals surface area (Å²) in [5, 5.41) is 0. The predicted molar refractivity (Wildman–Crippen MR) is 68.8 cm³/mol. The second-order valence-electron chi connectivity index (χ2n) is 4.57. The monoisotopic (exact) mass is 218 g/mol. The minimum atomic E-state index is 0.410. The number of carbonyl (C=O) groups excluding carboxylic acids is 1. The summed E-state index contributed by atoms with van der Waals surface area (Å²) in [6.45, 7) is 6.32. The fourth-order valence-electron chi connectivity index (χ4n) is 2.01. The summed E-state index contributed by atoms with van der Waals surface area (Å²) in [7, 11) is 0. The molecule has 0 atom stereocenters. The van der Waals surface area contributed by atoms with Crippen molar-refractivity contribution in [2.24, 2.45) is 0 Å². The molecule has 0 radical (unpaired) electrons. The summed E-state index contributed by atoms with van der Waals surface area (Å²) in [5.74, 6) is 0.410. The molecule has 0 fully saturated rings. The second kappa shape index (κ2) is 6.47. The maximum absolute atomic E-state index is 11.4. The summed E-state index contributed by atoms with van der Waals surface area (Å²) in [4.78, 5) is 11.4. The lowest BCUT2D eigenvalue weighted by Gasteiger charge is -2.06. The summed E-state index contributed by atoms with van der Waals surface area (Å²) in [5.41, 5.74) is 4.04. The molecule has 0 aliphatic carbocycles. The molecule has 1 aromatic rings. The van der Waals surface area contributed by atoms with E-state index in [1.807, 2.05) is 0 Å². The summed E-state index contributed by atoms with van der Waals surface area (Å²) < 4.78 is 0. The van der Waals surface area contributed by atoms with Crippen LogP contribution in [0, 0.1) is 13.8 Å². The van der Waals surface area contributed by atoms with Gasteiger partial charge in [0.15, 0.2) is 0 Å². The largest absolute Gasteiger partial charge is 0.300 e. The third kappa shape index (κ3) is 4.18. The molecule has 1 aromatic carbocycles. The minimum absolute atomic E-state index is 0.410. The minimum Gasteiger partial charge on any atom is -0.300 e. The van der Waals surface area contributed by atoms with E-state index in [2.05, 4.69) is 39.0 Å². The Kier molecular flexibility index (Phi) is 5.24. The highest BCUT2D eigenvalue weighted by Crippen LogP contribution is 2.13. The van der Waals surface area contributed by atoms with Crippen LogP contribution in [0.15, 0.2) is 18.2 Å². The van der Waals surface area contributed by atoms with Gasteiger partial charge in [-0.3, -0.25) is 4.79 Å². The maximum Gasteiger partial charge on any atom is 0.132 e. The molecule has 0 N–H and O–H groups in total. The van der Waals surface area contributed by atoms with E-state index in [1.54, 1.807) is 0 Å². The fraction of sp³-hybridized carbons (Fsp3) is 0.533. The summed E-state index contributed by atoms with van der Waals surface area (Å²) in [6, 6.07) is 6.55. The first-order valence-corrected chi connectivity index (χ1v) is 6.21. The molecular formula is C15H22O. The highest BCUT2D eigenvalue weighted by Gasteiger charge is 2.02. The van der Waals surface area contributed by atoms with Crippen molar-refractivity contribution in [3.8, 4) is 0 Å². The highest BCUT2D eigenvalue weighted by atomic mass is 16.1. The zero-order valence-corrected chi connectivity index (χ0v) is 10.7. The number of carbonyl (C=O) groups is 1. The quantitative estimate of drug-likeness (QED) is 0.705. The van der Waals surface area contributed by atoms with Crippen molar-refractivity contribution in [3.63, 3.8) is 0 Å². The molecule has 0 aliphatic rings. The lowest BCUT2D eigenvalue weighted by Crippen LogP contribution is -1.98. The summed E-state index contributed by atoms with van der Waals surface area (Å²) in [6.07, 6.45) is 4.47. The smallest absolute Gasteiger partial charge is 0.132 e. The van der Waals surface area contributed by atoms with Crippen LogP contribution in [0.2, 0.25) is 0 Å². The molecular weight excluding hydrogens is 196 g/mol. The Morgan fingerprint density at radius 3 is 2.56 bits per heavy atom. The van der Waals surface area contributed by atoms with Gasteiger partial charge in [0, 0.05) is 12.8 Å². The van der Waals surface area contributed by atoms with E-state index < -0.39 is 0 Å². The first-order valence-electron chi connectivity index (χ1n) is 6.21. The Labute approximate surface area is 98.9 Å². The van der Waals surface area contributed by atoms with Gasteiger partial charge >= 0.3 is 0 Å². The number of benzene rings is 1. The van der Waals surface area contributed by atoms with Crippen molar-refractivity contribution >= 4 is 5.78 Å². The van der Waals surface area contributed by atoms with Gasteiger partial charge in [0.05, 0.1) is 0 Å². The van der Waals surface area contributed by atoms with Gasteiger partial charge in [-0.2, -0.15) is 0 Å². The van der Waals surface area contributed by atoms with Gasteiger partial charge in [0.25, 0.3) is 0 Å². The lowest BCUT2D eigenvalue weighted by molar-refractivity contribution is -0.119. The molecule has 0 amide bonds. The lowest BCUT2D eigenvalue weighted by atomic mass is 9.99. The van der Waals surface area contributed by atoms with E-state index in [4.69, 9.17) is 0 Å². The first kappa shape index (κ1) is 13.0. The van der Waals surface area contributed by atoms with Crippen LogP contribution in [0.1, 0.15) is 49.3 Å². The predicted octanol–water partition coefficient (Wildman–Crippen LogP) is 4.00. The summed E-state index contributed by atoms with van der Waals surface area (Å²) >= 11 is 0. The molecule has 0 unspecified atom stereocenters. The fourth-order valence-corrected chi connectivity index (χ4v) is 2.01. The first-order chi connectivity index (χ1) is 7.63. The van der Waals surface area contributed by atoms with Crippen molar-refractivity contribution in [1.82, 2.24) is 0 Å². The van der Waals surface area contributed by atoms with Gasteiger partial charge in [-0.15, -0.1) is 0 Å². The average Bonchev–Trinajstić information content (AvgIpc) is 2.22. The van der Waals surface area contributed by atoms with Crippen LogP contribution in [-0.2, 0) is 11.2 Å². The Balaban J connectivity index is 2.40. The number of aryl methyl sites for hydroxylation is 3. The van der Waals surface area contributed by atoms with E-state index in [1.165, 1.54) is 16.7 Å². The van der Waals surface area contributed by atoms with Crippen molar-refractivity contribution < 1.29 is 4.79 Å². The highest BCUT2D eigenvalue weighted by molar-refractivity contribution is 5.78. The van der Waals surface area contributed by atoms with Crippen molar-refractivity contribution in [1.29, 1.82) is 0 Å². The number of hydrogen-bond acceptors (Lipinski definition) is 1. The molecule has 0 saturated heterocycles. The Morgan fingerprint density at radius 2 is 1.94 bits per heavy atom. The standard InChI is InChI=1S/C15H22O/c1-4-6-15(16)8-5-7-14-10-9-12(2)11-13(14)3/h9-11H,4-8H2,1-3H3. The van der Waals surface area contributed by atoms with E-state index in [0.717, 1.165) is 32.1 Å². The van der Waals surface area contributed by atoms with Crippen LogP contribution < -0.4 is 0 Å². The second-order valence-corrected chi connectivity index (χ2v) is 4.57. The van der Waals surface area contributed by atoms with Crippen molar-refractivity contribution in [2.45, 2.75) is 52.9 Å². The molecule has 0 saturated carbocycles. The van der Waals surface area contributed by atoms with E-state index in [0.29, 0.717) is 5.78 Å². The molecule has 0 aliphatic heterocycles. The molecule has 1 nitrogen and oxygen atoms in total. The zero-order valence-electron chi connectivity index (χ0n) is 10.7. The number of Topliss-reactive ketones (excluding diaryl/α,β-unsaturated/α-hetero) is 1. The van der Waals surface area contributed by atoms with E-state index in [9.17, 15) is 4.79 Å². The molecule has 0 bridgehead atoms. The Bertz CT molecular complexity index is 352. The van der Waals surface area contributed by atoms with Crippen LogP contribution in [0.5, 0.6) is 0 Å². The van der Waals surface area contributed by atoms with Crippen molar-refractivity contribution in [3.05, 3.63) is 34.9 Å². The maximum atomic E-state index is 11.4. The normalized spacial score (nSPS) is 10.4. The number of rotatable bonds is 6. The van der Waals surface area contributed by atoms with Crippen LogP contribution >= 0.6 is 0 Å². The zero-order chi connectivity index (χ0) is 12.0. The number of ketones is 1. The molecule has 1 rings (SSSR count). The van der Waals surface area contributed by atoms with Gasteiger partial charge < -0.3 is 0 Å². The Morgan fingerprint density at radius 1 is 1.19 bits per heavy atom. The van der Waals surface area contributed by atoms with Gasteiger partial charge in [0.1, 0.15) is 5.78 Å². The number of hydrogen-bond donors (Lipinski definition) is 0. The van der Waals surface area contributed by atoms with E-state index >= 15 is 0 Å². The average molecular weight is 218 g/mol. The molecule has 1 heteroatoms. The van der Waals surface area contributed by atoms with Gasteiger partial charge in [-0.1, -0.05) is 30.7 Å².